The lowest BCUT2D eigenvalue weighted by atomic mass is 10.1. The largest absolute Gasteiger partial charge is 0.508 e. The molecule has 2 N–H and O–H groups in total. The first-order valence-corrected chi connectivity index (χ1v) is 7.59. The van der Waals surface area contributed by atoms with Gasteiger partial charge in [0.2, 0.25) is 5.91 Å². The number of methoxy groups -OCH3 is 2. The Hall–Kier alpha value is -3.55. The van der Waals surface area contributed by atoms with Gasteiger partial charge in [-0.2, -0.15) is 0 Å². The number of hydrogen-bond acceptors (Lipinski definition) is 6. The number of amides is 1. The van der Waals surface area contributed by atoms with Crippen LogP contribution in [-0.4, -0.2) is 30.2 Å². The van der Waals surface area contributed by atoms with Gasteiger partial charge in [-0.15, -0.1) is 0 Å². The highest BCUT2D eigenvalue weighted by Crippen LogP contribution is 2.25. The van der Waals surface area contributed by atoms with E-state index in [0.29, 0.717) is 17.1 Å². The fraction of sp³-hybridized carbons (Fsp3) is 0.167. The highest BCUT2D eigenvalue weighted by Gasteiger charge is 2.10. The number of aromatic hydroxyl groups is 1. The Bertz CT molecular complexity index is 848. The Kier molecular flexibility index (Phi) is 6.15. The normalized spacial score (nSPS) is 10.5. The predicted molar refractivity (Wildman–Crippen MR) is 95.2 cm³/mol. The minimum Gasteiger partial charge on any atom is -0.508 e. The predicted octanol–water partition coefficient (Wildman–Crippen LogP) is 2.65. The van der Waals surface area contributed by atoms with Gasteiger partial charge in [-0.25, -0.2) is 0 Å². The summed E-state index contributed by atoms with van der Waals surface area (Å²) in [6, 6.07) is 8.80. The summed E-state index contributed by atoms with van der Waals surface area (Å²) in [5.41, 5.74) is 0.773. The minimum absolute atomic E-state index is 0.0452. The van der Waals surface area contributed by atoms with Crippen molar-refractivity contribution in [2.45, 2.75) is 6.54 Å². The van der Waals surface area contributed by atoms with Gasteiger partial charge in [-0.05, 0) is 24.3 Å². The Morgan fingerprint density at radius 3 is 2.65 bits per heavy atom. The number of hydrogen-bond donors (Lipinski definition) is 2. The first-order chi connectivity index (χ1) is 12.4. The molecule has 0 bridgehead atoms. The molecule has 0 aliphatic rings. The number of nitro benzene ring substituents is 1. The van der Waals surface area contributed by atoms with Crippen LogP contribution in [0.1, 0.15) is 11.1 Å². The van der Waals surface area contributed by atoms with Crippen LogP contribution in [-0.2, 0) is 11.3 Å². The number of non-ortho nitro benzene ring substituents is 1. The number of carbonyl (C=O) groups is 1. The Labute approximate surface area is 149 Å². The molecular formula is C18H18N2O6. The molecule has 0 radical (unpaired) electrons. The minimum atomic E-state index is -0.569. The zero-order valence-corrected chi connectivity index (χ0v) is 14.3. The lowest BCUT2D eigenvalue weighted by molar-refractivity contribution is -0.384. The summed E-state index contributed by atoms with van der Waals surface area (Å²) in [5.74, 6) is 0.625. The van der Waals surface area contributed by atoms with Gasteiger partial charge in [0.1, 0.15) is 17.2 Å². The van der Waals surface area contributed by atoms with Gasteiger partial charge in [-0.3, -0.25) is 14.9 Å². The number of carbonyl (C=O) groups excluding carboxylic acids is 1. The van der Waals surface area contributed by atoms with E-state index in [1.165, 1.54) is 31.4 Å². The van der Waals surface area contributed by atoms with E-state index in [-0.39, 0.29) is 23.5 Å². The molecule has 136 valence electrons. The molecule has 0 aliphatic carbocycles. The van der Waals surface area contributed by atoms with E-state index in [2.05, 4.69) is 5.32 Å². The second kappa shape index (κ2) is 8.52. The molecule has 0 saturated heterocycles. The summed E-state index contributed by atoms with van der Waals surface area (Å²) < 4.78 is 10.3. The highest BCUT2D eigenvalue weighted by molar-refractivity contribution is 5.92. The monoisotopic (exact) mass is 358 g/mol. The van der Waals surface area contributed by atoms with Crippen molar-refractivity contribution in [2.75, 3.05) is 14.2 Å². The molecule has 26 heavy (non-hydrogen) atoms. The van der Waals surface area contributed by atoms with Crippen molar-refractivity contribution in [3.8, 4) is 17.2 Å². The van der Waals surface area contributed by atoms with E-state index in [4.69, 9.17) is 9.47 Å². The maximum absolute atomic E-state index is 12.0. The van der Waals surface area contributed by atoms with Gasteiger partial charge in [0.15, 0.2) is 0 Å². The number of ether oxygens (including phenoxy) is 2. The van der Waals surface area contributed by atoms with Crippen molar-refractivity contribution in [3.63, 3.8) is 0 Å². The second-order valence-electron chi connectivity index (χ2n) is 5.23. The molecule has 8 nitrogen and oxygen atoms in total. The number of benzene rings is 2. The Morgan fingerprint density at radius 1 is 1.23 bits per heavy atom. The molecule has 0 atom stereocenters. The maximum Gasteiger partial charge on any atom is 0.270 e. The van der Waals surface area contributed by atoms with Crippen LogP contribution in [0.2, 0.25) is 0 Å². The quantitative estimate of drug-likeness (QED) is 0.447. The third-order valence-corrected chi connectivity index (χ3v) is 3.58. The van der Waals surface area contributed by atoms with E-state index in [9.17, 15) is 20.0 Å². The number of nitrogens with one attached hydrogen (secondary N) is 1. The number of phenols is 1. The maximum atomic E-state index is 12.0. The van der Waals surface area contributed by atoms with Gasteiger partial charge in [-0.1, -0.05) is 0 Å². The van der Waals surface area contributed by atoms with Crippen LogP contribution in [0.25, 0.3) is 6.08 Å². The molecule has 0 saturated carbocycles. The average Bonchev–Trinajstić information content (AvgIpc) is 2.65. The summed E-state index contributed by atoms with van der Waals surface area (Å²) in [4.78, 5) is 22.2. The van der Waals surface area contributed by atoms with Crippen LogP contribution in [0.15, 0.2) is 42.5 Å². The van der Waals surface area contributed by atoms with Crippen molar-refractivity contribution in [3.05, 3.63) is 63.7 Å². The first kappa shape index (κ1) is 18.8. The van der Waals surface area contributed by atoms with Gasteiger partial charge in [0, 0.05) is 41.9 Å². The van der Waals surface area contributed by atoms with Gasteiger partial charge >= 0.3 is 0 Å². The molecule has 0 spiro atoms. The topological polar surface area (TPSA) is 111 Å². The lowest BCUT2D eigenvalue weighted by Crippen LogP contribution is -2.20. The number of rotatable bonds is 7. The Morgan fingerprint density at radius 2 is 2.00 bits per heavy atom. The molecule has 2 rings (SSSR count). The lowest BCUT2D eigenvalue weighted by Gasteiger charge is -2.07. The molecule has 0 unspecified atom stereocenters. The van der Waals surface area contributed by atoms with Crippen LogP contribution < -0.4 is 14.8 Å². The fourth-order valence-corrected chi connectivity index (χ4v) is 2.19. The molecular weight excluding hydrogens is 340 g/mol. The number of phenolic OH excluding ortho intramolecular Hbond substituents is 1. The average molecular weight is 358 g/mol. The van der Waals surface area contributed by atoms with Crippen LogP contribution >= 0.6 is 0 Å². The first-order valence-electron chi connectivity index (χ1n) is 7.59. The molecule has 2 aromatic carbocycles. The summed E-state index contributed by atoms with van der Waals surface area (Å²) >= 11 is 0. The van der Waals surface area contributed by atoms with E-state index in [0.717, 1.165) is 0 Å². The summed E-state index contributed by atoms with van der Waals surface area (Å²) in [6.07, 6.45) is 2.87. The number of nitrogens with zero attached hydrogens (tertiary/aromatic N) is 1. The molecule has 0 aliphatic heterocycles. The molecule has 0 aromatic heterocycles. The van der Waals surface area contributed by atoms with Crippen molar-refractivity contribution in [1.82, 2.24) is 5.32 Å². The van der Waals surface area contributed by atoms with Gasteiger partial charge in [0.05, 0.1) is 19.1 Å². The van der Waals surface area contributed by atoms with Crippen LogP contribution in [0.5, 0.6) is 17.2 Å². The molecule has 0 heterocycles. The highest BCUT2D eigenvalue weighted by atomic mass is 16.6. The van der Waals surface area contributed by atoms with Crippen LogP contribution in [0.3, 0.4) is 0 Å². The van der Waals surface area contributed by atoms with E-state index in [1.807, 2.05) is 0 Å². The summed E-state index contributed by atoms with van der Waals surface area (Å²) in [7, 11) is 3.05. The van der Waals surface area contributed by atoms with Crippen LogP contribution in [0, 0.1) is 10.1 Å². The molecule has 2 aromatic rings. The van der Waals surface area contributed by atoms with Crippen molar-refractivity contribution >= 4 is 17.7 Å². The SMILES string of the molecule is COc1ccc(/C=C/C(=O)NCc2cc([N+](=O)[O-])ccc2O)c(OC)c1. The molecule has 1 amide bonds. The van der Waals surface area contributed by atoms with Crippen molar-refractivity contribution in [1.29, 1.82) is 0 Å². The third kappa shape index (κ3) is 4.73. The zero-order chi connectivity index (χ0) is 19.1. The summed E-state index contributed by atoms with van der Waals surface area (Å²) in [5, 5.41) is 23.1. The van der Waals surface area contributed by atoms with Crippen LogP contribution in [0.4, 0.5) is 5.69 Å². The standard InChI is InChI=1S/C18H18N2O6/c1-25-15-6-3-12(17(10-15)26-2)4-8-18(22)19-11-13-9-14(20(23)24)5-7-16(13)21/h3-10,21H,11H2,1-2H3,(H,19,22)/b8-4+. The fourth-order valence-electron chi connectivity index (χ4n) is 2.19. The molecule has 8 heteroatoms. The van der Waals surface area contributed by atoms with Crippen molar-refractivity contribution in [2.24, 2.45) is 0 Å². The van der Waals surface area contributed by atoms with Gasteiger partial charge < -0.3 is 19.9 Å². The summed E-state index contributed by atoms with van der Waals surface area (Å²) in [6.45, 7) is -0.0452. The van der Waals surface area contributed by atoms with Gasteiger partial charge in [0.25, 0.3) is 5.69 Å². The van der Waals surface area contributed by atoms with E-state index >= 15 is 0 Å². The number of nitro groups is 1. The molecule has 0 fully saturated rings. The van der Waals surface area contributed by atoms with E-state index in [1.54, 1.807) is 31.4 Å². The third-order valence-electron chi connectivity index (χ3n) is 3.58. The Balaban J connectivity index is 2.04. The second-order valence-corrected chi connectivity index (χ2v) is 5.23. The van der Waals surface area contributed by atoms with E-state index < -0.39 is 10.8 Å². The smallest absolute Gasteiger partial charge is 0.270 e. The zero-order valence-electron chi connectivity index (χ0n) is 14.3. The van der Waals surface area contributed by atoms with Crippen molar-refractivity contribution < 1.29 is 24.3 Å².